The number of aromatic nitrogens is 1. The Balaban J connectivity index is 1.47. The summed E-state index contributed by atoms with van der Waals surface area (Å²) < 4.78 is 0. The SMILES string of the molecule is CCCCN1C(=O)[C@H]2[C@@H](C1=O)[C@]1(N[C@@H]2Cc2c[nH]c3ccccc23)C(=O)Nc2ccc(Cl)cc21. The average molecular weight is 477 g/mol. The standard InChI is InChI=1S/C26H25ClN4O3/c1-2-3-10-31-23(32)21-20(11-14-13-28-18-7-5-4-6-16(14)18)30-26(22(21)24(31)33)17-12-15(27)8-9-19(17)29-25(26)34/h4-9,12-13,20-22,28,30H,2-3,10-11H2,1H3,(H,29,34)/t20-,21-,22+,26+/m1/s1. The van der Waals surface area contributed by atoms with Crippen LogP contribution in [0.3, 0.4) is 0 Å². The van der Waals surface area contributed by atoms with Crippen LogP contribution in [-0.4, -0.2) is 40.2 Å². The highest BCUT2D eigenvalue weighted by molar-refractivity contribution is 6.31. The summed E-state index contributed by atoms with van der Waals surface area (Å²) >= 11 is 6.32. The Morgan fingerprint density at radius 1 is 1.09 bits per heavy atom. The number of nitrogens with zero attached hydrogens (tertiary/aromatic N) is 1. The number of carbonyl (C=O) groups is 3. The highest BCUT2D eigenvalue weighted by Gasteiger charge is 2.70. The molecular weight excluding hydrogens is 452 g/mol. The fourth-order valence-corrected chi connectivity index (χ4v) is 6.25. The quantitative estimate of drug-likeness (QED) is 0.490. The Hall–Kier alpha value is -3.16. The van der Waals surface area contributed by atoms with E-state index in [2.05, 4.69) is 15.6 Å². The Bertz CT molecular complexity index is 1350. The smallest absolute Gasteiger partial charge is 0.250 e. The maximum absolute atomic E-state index is 13.7. The zero-order chi connectivity index (χ0) is 23.6. The summed E-state index contributed by atoms with van der Waals surface area (Å²) in [6, 6.07) is 12.8. The Morgan fingerprint density at radius 3 is 2.74 bits per heavy atom. The lowest BCUT2D eigenvalue weighted by molar-refractivity contribution is -0.142. The molecule has 2 aromatic carbocycles. The number of likely N-dealkylation sites (tertiary alicyclic amines) is 1. The largest absolute Gasteiger partial charge is 0.361 e. The topological polar surface area (TPSA) is 94.3 Å². The lowest BCUT2D eigenvalue weighted by atomic mass is 9.76. The lowest BCUT2D eigenvalue weighted by Crippen LogP contribution is -2.53. The second kappa shape index (κ2) is 7.68. The minimum atomic E-state index is -1.32. The minimum Gasteiger partial charge on any atom is -0.361 e. The number of amides is 3. The predicted octanol–water partition coefficient (Wildman–Crippen LogP) is 3.58. The van der Waals surface area contributed by atoms with Gasteiger partial charge in [0.25, 0.3) is 0 Å². The zero-order valence-electron chi connectivity index (χ0n) is 18.7. The molecule has 0 saturated carbocycles. The first-order valence-corrected chi connectivity index (χ1v) is 12.1. The molecular formula is C26H25ClN4O3. The van der Waals surface area contributed by atoms with Gasteiger partial charge in [-0.3, -0.25) is 24.6 Å². The first-order valence-electron chi connectivity index (χ1n) is 11.7. The molecule has 0 radical (unpaired) electrons. The number of aromatic amines is 1. The van der Waals surface area contributed by atoms with E-state index in [1.54, 1.807) is 18.2 Å². The van der Waals surface area contributed by atoms with E-state index in [4.69, 9.17) is 11.6 Å². The number of benzene rings is 2. The molecule has 3 aromatic rings. The summed E-state index contributed by atoms with van der Waals surface area (Å²) in [5.74, 6) is -2.22. The van der Waals surface area contributed by atoms with E-state index in [1.807, 2.05) is 37.4 Å². The predicted molar refractivity (Wildman–Crippen MR) is 129 cm³/mol. The molecule has 8 heteroatoms. The molecule has 1 spiro atoms. The van der Waals surface area contributed by atoms with Crippen LogP contribution in [0.5, 0.6) is 0 Å². The van der Waals surface area contributed by atoms with E-state index in [0.717, 1.165) is 29.3 Å². The van der Waals surface area contributed by atoms with Gasteiger partial charge in [-0.1, -0.05) is 43.1 Å². The minimum absolute atomic E-state index is 0.194. The van der Waals surface area contributed by atoms with Gasteiger partial charge >= 0.3 is 0 Å². The van der Waals surface area contributed by atoms with Crippen LogP contribution in [0.1, 0.15) is 30.9 Å². The summed E-state index contributed by atoms with van der Waals surface area (Å²) in [5.41, 5.74) is 1.99. The molecule has 4 atom stereocenters. The van der Waals surface area contributed by atoms with Crippen LogP contribution in [-0.2, 0) is 26.3 Å². The first-order chi connectivity index (χ1) is 16.5. The fourth-order valence-electron chi connectivity index (χ4n) is 6.08. The number of H-pyrrole nitrogens is 1. The molecule has 174 valence electrons. The normalized spacial score (nSPS) is 27.6. The van der Waals surface area contributed by atoms with E-state index in [-0.39, 0.29) is 23.8 Å². The van der Waals surface area contributed by atoms with Crippen molar-refractivity contribution in [3.63, 3.8) is 0 Å². The molecule has 3 amide bonds. The van der Waals surface area contributed by atoms with Gasteiger partial charge in [0.05, 0.1) is 11.8 Å². The highest BCUT2D eigenvalue weighted by Crippen LogP contribution is 2.53. The summed E-state index contributed by atoms with van der Waals surface area (Å²) in [5, 5.41) is 7.96. The second-order valence-corrected chi connectivity index (χ2v) is 9.89. The van der Waals surface area contributed by atoms with Crippen molar-refractivity contribution in [2.75, 3.05) is 11.9 Å². The number of para-hydroxylation sites is 1. The molecule has 2 saturated heterocycles. The van der Waals surface area contributed by atoms with Gasteiger partial charge in [0.2, 0.25) is 17.7 Å². The number of rotatable bonds is 5. The number of hydrogen-bond donors (Lipinski definition) is 3. The first kappa shape index (κ1) is 21.4. The van der Waals surface area contributed by atoms with Crippen molar-refractivity contribution in [2.24, 2.45) is 11.8 Å². The molecule has 4 heterocycles. The van der Waals surface area contributed by atoms with Crippen molar-refractivity contribution >= 4 is 45.9 Å². The van der Waals surface area contributed by atoms with E-state index in [0.29, 0.717) is 29.2 Å². The Morgan fingerprint density at radius 2 is 1.91 bits per heavy atom. The van der Waals surface area contributed by atoms with Gasteiger partial charge in [0.1, 0.15) is 5.54 Å². The van der Waals surface area contributed by atoms with E-state index >= 15 is 0 Å². The van der Waals surface area contributed by atoms with Gasteiger partial charge in [-0.05, 0) is 42.7 Å². The van der Waals surface area contributed by atoms with Crippen LogP contribution in [0, 0.1) is 11.8 Å². The monoisotopic (exact) mass is 476 g/mol. The molecule has 0 aliphatic carbocycles. The number of fused-ring (bicyclic) bond motifs is 5. The molecule has 3 aliphatic heterocycles. The van der Waals surface area contributed by atoms with Gasteiger partial charge in [0.15, 0.2) is 0 Å². The van der Waals surface area contributed by atoms with Crippen LogP contribution < -0.4 is 10.6 Å². The molecule has 7 nitrogen and oxygen atoms in total. The van der Waals surface area contributed by atoms with Gasteiger partial charge < -0.3 is 10.3 Å². The number of imide groups is 1. The second-order valence-electron chi connectivity index (χ2n) is 9.45. The number of anilines is 1. The average Bonchev–Trinajstić information content (AvgIpc) is 3.53. The number of unbranched alkanes of at least 4 members (excludes halogenated alkanes) is 1. The van der Waals surface area contributed by atoms with Crippen molar-refractivity contribution in [1.82, 2.24) is 15.2 Å². The molecule has 3 aliphatic rings. The number of nitrogens with one attached hydrogen (secondary N) is 3. The summed E-state index contributed by atoms with van der Waals surface area (Å²) in [6.07, 6.45) is 4.06. The van der Waals surface area contributed by atoms with E-state index < -0.39 is 17.4 Å². The molecule has 34 heavy (non-hydrogen) atoms. The highest BCUT2D eigenvalue weighted by atomic mass is 35.5. The third-order valence-corrected chi connectivity index (χ3v) is 7.85. The molecule has 2 fully saturated rings. The van der Waals surface area contributed by atoms with Gasteiger partial charge in [-0.25, -0.2) is 0 Å². The third kappa shape index (κ3) is 2.83. The third-order valence-electron chi connectivity index (χ3n) is 7.62. The van der Waals surface area contributed by atoms with Crippen molar-refractivity contribution in [1.29, 1.82) is 0 Å². The molecule has 0 unspecified atom stereocenters. The maximum atomic E-state index is 13.7. The summed E-state index contributed by atoms with van der Waals surface area (Å²) in [4.78, 5) is 45.5. The number of halogens is 1. The van der Waals surface area contributed by atoms with Crippen LogP contribution in [0.4, 0.5) is 5.69 Å². The van der Waals surface area contributed by atoms with Crippen LogP contribution in [0.2, 0.25) is 5.02 Å². The lowest BCUT2D eigenvalue weighted by Gasteiger charge is -2.29. The molecule has 3 N–H and O–H groups in total. The molecule has 6 rings (SSSR count). The van der Waals surface area contributed by atoms with E-state index in [9.17, 15) is 14.4 Å². The Kier molecular flexibility index (Phi) is 4.83. The van der Waals surface area contributed by atoms with Crippen molar-refractivity contribution < 1.29 is 14.4 Å². The summed E-state index contributed by atoms with van der Waals surface area (Å²) in [6.45, 7) is 2.40. The maximum Gasteiger partial charge on any atom is 0.250 e. The summed E-state index contributed by atoms with van der Waals surface area (Å²) in [7, 11) is 0. The number of carbonyl (C=O) groups excluding carboxylic acids is 3. The fraction of sp³-hybridized carbons (Fsp3) is 0.346. The van der Waals surface area contributed by atoms with Gasteiger partial charge in [0, 0.05) is 46.0 Å². The van der Waals surface area contributed by atoms with Crippen LogP contribution in [0.25, 0.3) is 10.9 Å². The molecule has 1 aromatic heterocycles. The van der Waals surface area contributed by atoms with Crippen molar-refractivity contribution in [3.8, 4) is 0 Å². The number of hydrogen-bond acceptors (Lipinski definition) is 4. The van der Waals surface area contributed by atoms with Gasteiger partial charge in [-0.2, -0.15) is 0 Å². The van der Waals surface area contributed by atoms with Crippen LogP contribution in [0.15, 0.2) is 48.7 Å². The van der Waals surface area contributed by atoms with E-state index in [1.165, 1.54) is 4.90 Å². The van der Waals surface area contributed by atoms with Crippen molar-refractivity contribution in [3.05, 3.63) is 64.8 Å². The van der Waals surface area contributed by atoms with Crippen LogP contribution >= 0.6 is 11.6 Å². The Labute approximate surface area is 201 Å². The van der Waals surface area contributed by atoms with Gasteiger partial charge in [-0.15, -0.1) is 0 Å². The molecule has 0 bridgehead atoms. The zero-order valence-corrected chi connectivity index (χ0v) is 19.5. The van der Waals surface area contributed by atoms with Crippen molar-refractivity contribution in [2.45, 2.75) is 37.8 Å².